The van der Waals surface area contributed by atoms with Crippen molar-refractivity contribution in [3.05, 3.63) is 69.2 Å². The van der Waals surface area contributed by atoms with Crippen LogP contribution < -0.4 is 10.7 Å². The Morgan fingerprint density at radius 1 is 1.08 bits per heavy atom. The Bertz CT molecular complexity index is 774. The third-order valence-corrected chi connectivity index (χ3v) is 3.70. The molecule has 124 valence electrons. The van der Waals surface area contributed by atoms with E-state index in [9.17, 15) is 9.59 Å². The van der Waals surface area contributed by atoms with E-state index in [1.807, 2.05) is 31.2 Å². The Kier molecular flexibility index (Phi) is 6.35. The molecular weight excluding hydrogens is 349 g/mol. The van der Waals surface area contributed by atoms with Gasteiger partial charge in [0.05, 0.1) is 6.21 Å². The van der Waals surface area contributed by atoms with E-state index in [1.165, 1.54) is 6.21 Å². The third kappa shape index (κ3) is 5.37. The van der Waals surface area contributed by atoms with Crippen LogP contribution in [0.4, 0.5) is 0 Å². The van der Waals surface area contributed by atoms with Gasteiger partial charge in [-0.15, -0.1) is 0 Å². The van der Waals surface area contributed by atoms with Gasteiger partial charge in [-0.05, 0) is 30.2 Å². The number of hydrogen-bond acceptors (Lipinski definition) is 3. The number of hydrazone groups is 1. The van der Waals surface area contributed by atoms with Crippen LogP contribution in [0, 0.1) is 6.92 Å². The molecule has 0 saturated heterocycles. The minimum absolute atomic E-state index is 0.115. The number of halogens is 2. The van der Waals surface area contributed by atoms with Crippen molar-refractivity contribution in [3.63, 3.8) is 0 Å². The predicted octanol–water partition coefficient (Wildman–Crippen LogP) is 3.07. The molecule has 0 fully saturated rings. The zero-order valence-corrected chi connectivity index (χ0v) is 14.4. The normalized spacial score (nSPS) is 10.6. The number of amides is 2. The van der Waals surface area contributed by atoms with Gasteiger partial charge in [-0.2, -0.15) is 5.10 Å². The largest absolute Gasteiger partial charge is 0.344 e. The molecule has 24 heavy (non-hydrogen) atoms. The van der Waals surface area contributed by atoms with E-state index in [-0.39, 0.29) is 6.54 Å². The van der Waals surface area contributed by atoms with Gasteiger partial charge in [0.15, 0.2) is 0 Å². The number of carbonyl (C=O) groups is 2. The van der Waals surface area contributed by atoms with Gasteiger partial charge in [-0.25, -0.2) is 5.43 Å². The molecule has 0 aromatic heterocycles. The van der Waals surface area contributed by atoms with Gasteiger partial charge in [0.1, 0.15) is 0 Å². The summed E-state index contributed by atoms with van der Waals surface area (Å²) in [6.45, 7) is 2.09. The van der Waals surface area contributed by atoms with Gasteiger partial charge < -0.3 is 5.32 Å². The monoisotopic (exact) mass is 363 g/mol. The van der Waals surface area contributed by atoms with E-state index in [2.05, 4.69) is 15.8 Å². The molecule has 0 unspecified atom stereocenters. The number of nitrogens with zero attached hydrogens (tertiary/aromatic N) is 1. The highest BCUT2D eigenvalue weighted by Crippen LogP contribution is 2.20. The first-order valence-electron chi connectivity index (χ1n) is 7.07. The van der Waals surface area contributed by atoms with Gasteiger partial charge in [0.2, 0.25) is 0 Å². The van der Waals surface area contributed by atoms with Crippen molar-refractivity contribution in [2.45, 2.75) is 13.5 Å². The smallest absolute Gasteiger partial charge is 0.329 e. The lowest BCUT2D eigenvalue weighted by Crippen LogP contribution is -2.37. The van der Waals surface area contributed by atoms with Crippen LogP contribution in [-0.2, 0) is 16.1 Å². The van der Waals surface area contributed by atoms with Gasteiger partial charge in [-0.1, -0.05) is 59.1 Å². The second-order valence-electron chi connectivity index (χ2n) is 5.03. The first-order chi connectivity index (χ1) is 11.5. The average Bonchev–Trinajstić information content (AvgIpc) is 2.55. The van der Waals surface area contributed by atoms with Crippen LogP contribution in [0.5, 0.6) is 0 Å². The molecule has 0 spiro atoms. The molecule has 2 amide bonds. The van der Waals surface area contributed by atoms with Gasteiger partial charge in [0.25, 0.3) is 0 Å². The van der Waals surface area contributed by atoms with E-state index in [0.717, 1.165) is 11.1 Å². The maximum atomic E-state index is 11.7. The third-order valence-electron chi connectivity index (χ3n) is 3.12. The SMILES string of the molecule is Cc1ccc(/C=N\NC(=O)C(=O)NCc2ccc(Cl)cc2Cl)cc1. The van der Waals surface area contributed by atoms with Crippen molar-refractivity contribution < 1.29 is 9.59 Å². The fourth-order valence-corrected chi connectivity index (χ4v) is 2.26. The van der Waals surface area contributed by atoms with Crippen molar-refractivity contribution in [1.29, 1.82) is 0 Å². The van der Waals surface area contributed by atoms with Crippen LogP contribution >= 0.6 is 23.2 Å². The standard InChI is InChI=1S/C17H15Cl2N3O2/c1-11-2-4-12(5-3-11)9-21-22-17(24)16(23)20-10-13-6-7-14(18)8-15(13)19/h2-9H,10H2,1H3,(H,20,23)(H,22,24)/b21-9-. The second kappa shape index (κ2) is 8.47. The van der Waals surface area contributed by atoms with Crippen LogP contribution in [0.15, 0.2) is 47.6 Å². The molecule has 2 N–H and O–H groups in total. The van der Waals surface area contributed by atoms with Crippen molar-refractivity contribution in [1.82, 2.24) is 10.7 Å². The molecule has 0 aliphatic carbocycles. The van der Waals surface area contributed by atoms with E-state index >= 15 is 0 Å². The molecular formula is C17H15Cl2N3O2. The lowest BCUT2D eigenvalue weighted by molar-refractivity contribution is -0.139. The highest BCUT2D eigenvalue weighted by molar-refractivity contribution is 6.36. The van der Waals surface area contributed by atoms with Crippen molar-refractivity contribution in [3.8, 4) is 0 Å². The zero-order chi connectivity index (χ0) is 17.5. The molecule has 0 saturated carbocycles. The van der Waals surface area contributed by atoms with Gasteiger partial charge in [0, 0.05) is 16.6 Å². The minimum atomic E-state index is -0.858. The minimum Gasteiger partial charge on any atom is -0.344 e. The summed E-state index contributed by atoms with van der Waals surface area (Å²) in [4.78, 5) is 23.4. The zero-order valence-electron chi connectivity index (χ0n) is 12.8. The fourth-order valence-electron chi connectivity index (χ4n) is 1.79. The molecule has 0 aliphatic rings. The second-order valence-corrected chi connectivity index (χ2v) is 5.87. The van der Waals surface area contributed by atoms with E-state index < -0.39 is 11.8 Å². The summed E-state index contributed by atoms with van der Waals surface area (Å²) < 4.78 is 0. The van der Waals surface area contributed by atoms with Crippen molar-refractivity contribution in [2.24, 2.45) is 5.10 Å². The van der Waals surface area contributed by atoms with Crippen molar-refractivity contribution >= 4 is 41.2 Å². The Balaban J connectivity index is 1.83. The Morgan fingerprint density at radius 3 is 2.46 bits per heavy atom. The maximum absolute atomic E-state index is 11.7. The van der Waals surface area contributed by atoms with E-state index in [4.69, 9.17) is 23.2 Å². The Hall–Kier alpha value is -2.37. The number of hydrogen-bond donors (Lipinski definition) is 2. The summed E-state index contributed by atoms with van der Waals surface area (Å²) in [5.41, 5.74) is 4.76. The lowest BCUT2D eigenvalue weighted by Gasteiger charge is -2.06. The molecule has 0 radical (unpaired) electrons. The quantitative estimate of drug-likeness (QED) is 0.497. The first-order valence-corrected chi connectivity index (χ1v) is 7.83. The topological polar surface area (TPSA) is 70.6 Å². The molecule has 0 atom stereocenters. The number of carbonyl (C=O) groups excluding carboxylic acids is 2. The number of benzene rings is 2. The fraction of sp³-hybridized carbons (Fsp3) is 0.118. The molecule has 2 aromatic carbocycles. The van der Waals surface area contributed by atoms with Crippen molar-refractivity contribution in [2.75, 3.05) is 0 Å². The summed E-state index contributed by atoms with van der Waals surface area (Å²) in [6.07, 6.45) is 1.46. The van der Waals surface area contributed by atoms with Crippen LogP contribution in [0.2, 0.25) is 10.0 Å². The van der Waals surface area contributed by atoms with Crippen LogP contribution in [0.25, 0.3) is 0 Å². The number of nitrogens with one attached hydrogen (secondary N) is 2. The number of rotatable bonds is 4. The molecule has 2 aromatic rings. The molecule has 5 nitrogen and oxygen atoms in total. The molecule has 2 rings (SSSR count). The highest BCUT2D eigenvalue weighted by Gasteiger charge is 2.12. The molecule has 0 bridgehead atoms. The summed E-state index contributed by atoms with van der Waals surface area (Å²) in [6, 6.07) is 12.5. The van der Waals surface area contributed by atoms with Gasteiger partial charge >= 0.3 is 11.8 Å². The summed E-state index contributed by atoms with van der Waals surface area (Å²) in [7, 11) is 0. The van der Waals surface area contributed by atoms with Crippen LogP contribution in [-0.4, -0.2) is 18.0 Å². The summed E-state index contributed by atoms with van der Waals surface area (Å²) in [5, 5.41) is 7.13. The highest BCUT2D eigenvalue weighted by atomic mass is 35.5. The maximum Gasteiger partial charge on any atom is 0.329 e. The molecule has 7 heteroatoms. The van der Waals surface area contributed by atoms with Gasteiger partial charge in [-0.3, -0.25) is 9.59 Å². The van der Waals surface area contributed by atoms with E-state index in [0.29, 0.717) is 15.6 Å². The molecule has 0 aliphatic heterocycles. The summed E-state index contributed by atoms with van der Waals surface area (Å²) in [5.74, 6) is -1.66. The average molecular weight is 364 g/mol. The predicted molar refractivity (Wildman–Crippen MR) is 95.2 cm³/mol. The first kappa shape index (κ1) is 18.0. The van der Waals surface area contributed by atoms with E-state index in [1.54, 1.807) is 18.2 Å². The Labute approximate surface area is 149 Å². The summed E-state index contributed by atoms with van der Waals surface area (Å²) >= 11 is 11.8. The molecule has 0 heterocycles. The number of aryl methyl sites for hydroxylation is 1. The van der Waals surface area contributed by atoms with Crippen LogP contribution in [0.3, 0.4) is 0 Å². The van der Waals surface area contributed by atoms with Crippen LogP contribution in [0.1, 0.15) is 16.7 Å². The lowest BCUT2D eigenvalue weighted by atomic mass is 10.2. The Morgan fingerprint density at radius 2 is 1.79 bits per heavy atom.